The first kappa shape index (κ1) is 12.5. The molecule has 0 bridgehead atoms. The van der Waals surface area contributed by atoms with E-state index in [2.05, 4.69) is 15.9 Å². The molecule has 2 nitrogen and oxygen atoms in total. The third kappa shape index (κ3) is 2.49. The van der Waals surface area contributed by atoms with Crippen LogP contribution in [0.3, 0.4) is 0 Å². The van der Waals surface area contributed by atoms with Crippen LogP contribution < -0.4 is 0 Å². The molecule has 92 valence electrons. The molecule has 1 saturated carbocycles. The van der Waals surface area contributed by atoms with Crippen molar-refractivity contribution in [3.63, 3.8) is 0 Å². The van der Waals surface area contributed by atoms with Crippen molar-refractivity contribution in [3.05, 3.63) is 33.8 Å². The quantitative estimate of drug-likeness (QED) is 0.800. The molecule has 0 aliphatic heterocycles. The van der Waals surface area contributed by atoms with Crippen molar-refractivity contribution < 1.29 is 18.3 Å². The predicted molar refractivity (Wildman–Crippen MR) is 61.5 cm³/mol. The Bertz CT molecular complexity index is 439. The van der Waals surface area contributed by atoms with Crippen LogP contribution in [0.1, 0.15) is 24.8 Å². The van der Waals surface area contributed by atoms with Crippen LogP contribution in [0.15, 0.2) is 16.6 Å². The van der Waals surface area contributed by atoms with Crippen LogP contribution in [0, 0.1) is 17.6 Å². The number of esters is 1. The standard InChI is InChI=1S/C12H11BrF2O2/c1-2-17-12(16)8-5-7(8)11-9(14)3-6(13)4-10(11)15/h3-4,7-8H,2,5H2,1H3. The van der Waals surface area contributed by atoms with E-state index in [0.717, 1.165) is 0 Å². The van der Waals surface area contributed by atoms with Gasteiger partial charge in [0.05, 0.1) is 12.5 Å². The van der Waals surface area contributed by atoms with Crippen LogP contribution in [0.2, 0.25) is 0 Å². The van der Waals surface area contributed by atoms with E-state index in [0.29, 0.717) is 10.9 Å². The maximum atomic E-state index is 13.6. The minimum absolute atomic E-state index is 0.00810. The summed E-state index contributed by atoms with van der Waals surface area (Å²) in [5.74, 6) is -2.40. The second-order valence-corrected chi connectivity index (χ2v) is 4.90. The number of carbonyl (C=O) groups is 1. The average molecular weight is 305 g/mol. The number of ether oxygens (including phenoxy) is 1. The summed E-state index contributed by atoms with van der Waals surface area (Å²) in [7, 11) is 0. The zero-order valence-electron chi connectivity index (χ0n) is 9.17. The van der Waals surface area contributed by atoms with Gasteiger partial charge in [0.2, 0.25) is 0 Å². The van der Waals surface area contributed by atoms with Gasteiger partial charge in [-0.2, -0.15) is 0 Å². The van der Waals surface area contributed by atoms with E-state index >= 15 is 0 Å². The lowest BCUT2D eigenvalue weighted by Crippen LogP contribution is -2.08. The Balaban J connectivity index is 2.19. The van der Waals surface area contributed by atoms with E-state index < -0.39 is 17.6 Å². The van der Waals surface area contributed by atoms with Crippen molar-refractivity contribution in [1.82, 2.24) is 0 Å². The van der Waals surface area contributed by atoms with Crippen LogP contribution in [0.4, 0.5) is 8.78 Å². The summed E-state index contributed by atoms with van der Waals surface area (Å²) in [5.41, 5.74) is -0.00810. The monoisotopic (exact) mass is 304 g/mol. The van der Waals surface area contributed by atoms with Crippen LogP contribution in [0.25, 0.3) is 0 Å². The molecule has 2 atom stereocenters. The van der Waals surface area contributed by atoms with E-state index in [-0.39, 0.29) is 24.1 Å². The Morgan fingerprint density at radius 1 is 1.47 bits per heavy atom. The van der Waals surface area contributed by atoms with Gasteiger partial charge in [-0.1, -0.05) is 15.9 Å². The summed E-state index contributed by atoms with van der Waals surface area (Å²) in [5, 5.41) is 0. The highest BCUT2D eigenvalue weighted by Crippen LogP contribution is 2.50. The highest BCUT2D eigenvalue weighted by molar-refractivity contribution is 9.10. The van der Waals surface area contributed by atoms with Crippen molar-refractivity contribution in [3.8, 4) is 0 Å². The van der Waals surface area contributed by atoms with Gasteiger partial charge in [0.1, 0.15) is 11.6 Å². The molecule has 2 rings (SSSR count). The summed E-state index contributed by atoms with van der Waals surface area (Å²) in [6, 6.07) is 2.41. The number of benzene rings is 1. The van der Waals surface area contributed by atoms with Crippen LogP contribution in [-0.4, -0.2) is 12.6 Å². The summed E-state index contributed by atoms with van der Waals surface area (Å²) < 4.78 is 32.4. The lowest BCUT2D eigenvalue weighted by molar-refractivity contribution is -0.144. The van der Waals surface area contributed by atoms with Crippen LogP contribution in [-0.2, 0) is 9.53 Å². The molecule has 17 heavy (non-hydrogen) atoms. The fourth-order valence-corrected chi connectivity index (χ4v) is 2.33. The zero-order valence-corrected chi connectivity index (χ0v) is 10.8. The van der Waals surface area contributed by atoms with Crippen molar-refractivity contribution in [2.24, 2.45) is 5.92 Å². The molecule has 1 fully saturated rings. The molecule has 0 N–H and O–H groups in total. The van der Waals surface area contributed by atoms with E-state index in [1.807, 2.05) is 0 Å². The van der Waals surface area contributed by atoms with Crippen molar-refractivity contribution >= 4 is 21.9 Å². The van der Waals surface area contributed by atoms with Gasteiger partial charge in [0.25, 0.3) is 0 Å². The van der Waals surface area contributed by atoms with Crippen molar-refractivity contribution in [2.45, 2.75) is 19.3 Å². The first-order valence-electron chi connectivity index (χ1n) is 5.35. The van der Waals surface area contributed by atoms with Gasteiger partial charge in [-0.25, -0.2) is 8.78 Å². The maximum Gasteiger partial charge on any atom is 0.309 e. The van der Waals surface area contributed by atoms with Crippen LogP contribution >= 0.6 is 15.9 Å². The summed E-state index contributed by atoms with van der Waals surface area (Å²) in [6.45, 7) is 1.99. The van der Waals surface area contributed by atoms with E-state index in [1.165, 1.54) is 12.1 Å². The molecule has 2 unspecified atom stereocenters. The Morgan fingerprint density at radius 2 is 2.06 bits per heavy atom. The fourth-order valence-electron chi connectivity index (χ4n) is 1.93. The molecule has 0 aromatic heterocycles. The van der Waals surface area contributed by atoms with Crippen LogP contribution in [0.5, 0.6) is 0 Å². The number of rotatable bonds is 3. The van der Waals surface area contributed by atoms with Gasteiger partial charge in [-0.3, -0.25) is 4.79 Å². The van der Waals surface area contributed by atoms with Gasteiger partial charge in [-0.05, 0) is 25.5 Å². The van der Waals surface area contributed by atoms with Gasteiger partial charge in [0, 0.05) is 16.0 Å². The van der Waals surface area contributed by atoms with Gasteiger partial charge in [0.15, 0.2) is 0 Å². The third-order valence-corrected chi connectivity index (χ3v) is 3.25. The lowest BCUT2D eigenvalue weighted by Gasteiger charge is -2.05. The molecule has 1 aliphatic carbocycles. The molecule has 1 aromatic carbocycles. The minimum atomic E-state index is -0.617. The second kappa shape index (κ2) is 4.72. The third-order valence-electron chi connectivity index (χ3n) is 2.79. The number of hydrogen-bond acceptors (Lipinski definition) is 2. The SMILES string of the molecule is CCOC(=O)C1CC1c1c(F)cc(Br)cc1F. The molecule has 1 aromatic rings. The summed E-state index contributed by atoms with van der Waals surface area (Å²) >= 11 is 3.01. The predicted octanol–water partition coefficient (Wildman–Crippen LogP) is 3.39. The molecule has 5 heteroatoms. The molecule has 0 saturated heterocycles. The van der Waals surface area contributed by atoms with Gasteiger partial charge in [-0.15, -0.1) is 0 Å². The van der Waals surface area contributed by atoms with Gasteiger partial charge < -0.3 is 4.74 Å². The van der Waals surface area contributed by atoms with Crippen molar-refractivity contribution in [2.75, 3.05) is 6.61 Å². The Hall–Kier alpha value is -0.970. The Labute approximate surface area is 106 Å². The molecular weight excluding hydrogens is 294 g/mol. The summed E-state index contributed by atoms with van der Waals surface area (Å²) in [4.78, 5) is 11.4. The first-order valence-corrected chi connectivity index (χ1v) is 6.15. The van der Waals surface area contributed by atoms with E-state index in [9.17, 15) is 13.6 Å². The van der Waals surface area contributed by atoms with E-state index in [1.54, 1.807) is 6.92 Å². The summed E-state index contributed by atoms with van der Waals surface area (Å²) in [6.07, 6.45) is 0.453. The first-order chi connectivity index (χ1) is 8.04. The highest BCUT2D eigenvalue weighted by Gasteiger charge is 2.47. The average Bonchev–Trinajstić information content (AvgIpc) is 2.96. The topological polar surface area (TPSA) is 26.3 Å². The van der Waals surface area contributed by atoms with E-state index in [4.69, 9.17) is 4.74 Å². The Morgan fingerprint density at radius 3 is 2.59 bits per heavy atom. The van der Waals surface area contributed by atoms with Crippen molar-refractivity contribution in [1.29, 1.82) is 0 Å². The molecular formula is C12H11BrF2O2. The van der Waals surface area contributed by atoms with Gasteiger partial charge >= 0.3 is 5.97 Å². The maximum absolute atomic E-state index is 13.6. The fraction of sp³-hybridized carbons (Fsp3) is 0.417. The number of carbonyl (C=O) groups excluding carboxylic acids is 1. The molecule has 0 radical (unpaired) electrons. The highest BCUT2D eigenvalue weighted by atomic mass is 79.9. The largest absolute Gasteiger partial charge is 0.466 e. The smallest absolute Gasteiger partial charge is 0.309 e. The minimum Gasteiger partial charge on any atom is -0.466 e. The molecule has 0 heterocycles. The Kier molecular flexibility index (Phi) is 3.47. The normalized spacial score (nSPS) is 22.4. The number of halogens is 3. The molecule has 0 amide bonds. The molecule has 1 aliphatic rings. The zero-order chi connectivity index (χ0) is 12.6. The lowest BCUT2D eigenvalue weighted by atomic mass is 10.1. The molecule has 0 spiro atoms. The second-order valence-electron chi connectivity index (χ2n) is 3.98. The number of hydrogen-bond donors (Lipinski definition) is 0.